The largest absolute Gasteiger partial charge is 0.504 e. The summed E-state index contributed by atoms with van der Waals surface area (Å²) in [6, 6.07) is 6.50. The maximum Gasteiger partial charge on any atom is 0.160 e. The van der Waals surface area contributed by atoms with Gasteiger partial charge in [0.05, 0.1) is 7.11 Å². The molecule has 2 N–H and O–H groups in total. The Balaban J connectivity index is 1.93. The van der Waals surface area contributed by atoms with E-state index in [1.54, 1.807) is 13.2 Å². The van der Waals surface area contributed by atoms with E-state index in [9.17, 15) is 5.11 Å². The minimum absolute atomic E-state index is 0.201. The van der Waals surface area contributed by atoms with Crippen LogP contribution in [-0.2, 0) is 0 Å². The topological polar surface area (TPSA) is 41.5 Å². The summed E-state index contributed by atoms with van der Waals surface area (Å²) in [7, 11) is 1.59. The molecule has 1 aliphatic rings. The van der Waals surface area contributed by atoms with Gasteiger partial charge in [0.15, 0.2) is 11.5 Å². The summed E-state index contributed by atoms with van der Waals surface area (Å²) < 4.78 is 5.18. The minimum Gasteiger partial charge on any atom is -0.504 e. The molecule has 0 heterocycles. The monoisotopic (exact) mass is 277 g/mol. The third-order valence-electron chi connectivity index (χ3n) is 4.61. The van der Waals surface area contributed by atoms with Crippen LogP contribution in [0.15, 0.2) is 18.2 Å². The second kappa shape index (κ2) is 6.98. The highest BCUT2D eigenvalue weighted by atomic mass is 16.5. The Hall–Kier alpha value is -1.22. The van der Waals surface area contributed by atoms with Crippen LogP contribution in [0.2, 0.25) is 0 Å². The standard InChI is InChI=1S/C17H27NO2/c1-4-13-5-8-15(9-6-13)18-12(2)14-7-10-16(19)17(11-14)20-3/h7,10-13,15,18-19H,4-6,8-9H2,1-3H3. The lowest BCUT2D eigenvalue weighted by molar-refractivity contribution is 0.273. The minimum atomic E-state index is 0.201. The fraction of sp³-hybridized carbons (Fsp3) is 0.647. The number of benzene rings is 1. The van der Waals surface area contributed by atoms with Crippen molar-refractivity contribution in [3.8, 4) is 11.5 Å². The highest BCUT2D eigenvalue weighted by Crippen LogP contribution is 2.31. The SMILES string of the molecule is CCC1CCC(NC(C)c2ccc(O)c(OC)c2)CC1. The van der Waals surface area contributed by atoms with Crippen LogP contribution in [0, 0.1) is 5.92 Å². The molecule has 112 valence electrons. The summed E-state index contributed by atoms with van der Waals surface area (Å²) in [6.07, 6.45) is 6.56. The van der Waals surface area contributed by atoms with E-state index < -0.39 is 0 Å². The fourth-order valence-corrected chi connectivity index (χ4v) is 3.15. The molecular weight excluding hydrogens is 250 g/mol. The molecule has 3 heteroatoms. The van der Waals surface area contributed by atoms with Gasteiger partial charge < -0.3 is 15.2 Å². The van der Waals surface area contributed by atoms with E-state index in [-0.39, 0.29) is 11.8 Å². The van der Waals surface area contributed by atoms with Gasteiger partial charge in [-0.15, -0.1) is 0 Å². The summed E-state index contributed by atoms with van der Waals surface area (Å²) in [5.74, 6) is 1.68. The lowest BCUT2D eigenvalue weighted by atomic mass is 9.84. The average molecular weight is 277 g/mol. The lowest BCUT2D eigenvalue weighted by Crippen LogP contribution is -2.34. The van der Waals surface area contributed by atoms with Crippen LogP contribution in [0.5, 0.6) is 11.5 Å². The van der Waals surface area contributed by atoms with Crippen molar-refractivity contribution < 1.29 is 9.84 Å². The Morgan fingerprint density at radius 2 is 2.00 bits per heavy atom. The molecule has 0 aromatic heterocycles. The van der Waals surface area contributed by atoms with E-state index >= 15 is 0 Å². The quantitative estimate of drug-likeness (QED) is 0.854. The smallest absolute Gasteiger partial charge is 0.160 e. The molecule has 1 aromatic carbocycles. The van der Waals surface area contributed by atoms with E-state index in [2.05, 4.69) is 19.2 Å². The van der Waals surface area contributed by atoms with Gasteiger partial charge in [-0.25, -0.2) is 0 Å². The molecule has 20 heavy (non-hydrogen) atoms. The van der Waals surface area contributed by atoms with Crippen molar-refractivity contribution >= 4 is 0 Å². The zero-order valence-corrected chi connectivity index (χ0v) is 12.9. The van der Waals surface area contributed by atoms with Gasteiger partial charge in [0, 0.05) is 12.1 Å². The summed E-state index contributed by atoms with van der Waals surface area (Å²) >= 11 is 0. The van der Waals surface area contributed by atoms with Crippen LogP contribution < -0.4 is 10.1 Å². The number of hydrogen-bond acceptors (Lipinski definition) is 3. The third kappa shape index (κ3) is 3.66. The van der Waals surface area contributed by atoms with E-state index in [1.807, 2.05) is 12.1 Å². The van der Waals surface area contributed by atoms with Gasteiger partial charge in [0.25, 0.3) is 0 Å². The zero-order chi connectivity index (χ0) is 14.5. The highest BCUT2D eigenvalue weighted by molar-refractivity contribution is 5.42. The highest BCUT2D eigenvalue weighted by Gasteiger charge is 2.21. The predicted octanol–water partition coefficient (Wildman–Crippen LogP) is 4.02. The van der Waals surface area contributed by atoms with Crippen molar-refractivity contribution in [3.63, 3.8) is 0 Å². The Labute approximate surface area is 122 Å². The molecule has 0 bridgehead atoms. The van der Waals surface area contributed by atoms with E-state index in [4.69, 9.17) is 4.74 Å². The van der Waals surface area contributed by atoms with Crippen LogP contribution in [0.1, 0.15) is 57.6 Å². The van der Waals surface area contributed by atoms with Crippen LogP contribution in [0.25, 0.3) is 0 Å². The number of hydrogen-bond donors (Lipinski definition) is 2. The van der Waals surface area contributed by atoms with E-state index in [0.717, 1.165) is 11.5 Å². The second-order valence-corrected chi connectivity index (χ2v) is 5.95. The number of rotatable bonds is 5. The van der Waals surface area contributed by atoms with Gasteiger partial charge in [0.2, 0.25) is 0 Å². The Kier molecular flexibility index (Phi) is 5.30. The first-order valence-electron chi connectivity index (χ1n) is 7.77. The maximum absolute atomic E-state index is 9.65. The molecule has 1 saturated carbocycles. The third-order valence-corrected chi connectivity index (χ3v) is 4.61. The number of aromatic hydroxyl groups is 1. The van der Waals surface area contributed by atoms with Crippen molar-refractivity contribution in [2.45, 2.75) is 58.0 Å². The van der Waals surface area contributed by atoms with Crippen LogP contribution in [0.4, 0.5) is 0 Å². The number of phenolic OH excluding ortho intramolecular Hbond substituents is 1. The van der Waals surface area contributed by atoms with Crippen LogP contribution in [-0.4, -0.2) is 18.3 Å². The average Bonchev–Trinajstić information content (AvgIpc) is 2.48. The maximum atomic E-state index is 9.65. The van der Waals surface area contributed by atoms with Crippen LogP contribution in [0.3, 0.4) is 0 Å². The summed E-state index contributed by atoms with van der Waals surface area (Å²) in [6.45, 7) is 4.47. The molecule has 0 aliphatic heterocycles. The summed E-state index contributed by atoms with van der Waals surface area (Å²) in [4.78, 5) is 0. The van der Waals surface area contributed by atoms with Crippen LogP contribution >= 0.6 is 0 Å². The Morgan fingerprint density at radius 1 is 1.30 bits per heavy atom. The molecule has 0 saturated heterocycles. The van der Waals surface area contributed by atoms with Gasteiger partial charge in [-0.2, -0.15) is 0 Å². The molecular formula is C17H27NO2. The molecule has 2 rings (SSSR count). The lowest BCUT2D eigenvalue weighted by Gasteiger charge is -2.31. The molecule has 3 nitrogen and oxygen atoms in total. The van der Waals surface area contributed by atoms with Gasteiger partial charge >= 0.3 is 0 Å². The molecule has 0 spiro atoms. The van der Waals surface area contributed by atoms with Gasteiger partial charge in [0.1, 0.15) is 0 Å². The van der Waals surface area contributed by atoms with Crippen molar-refractivity contribution in [1.29, 1.82) is 0 Å². The Morgan fingerprint density at radius 3 is 2.60 bits per heavy atom. The van der Waals surface area contributed by atoms with E-state index in [1.165, 1.54) is 32.1 Å². The van der Waals surface area contributed by atoms with Gasteiger partial charge in [-0.1, -0.05) is 19.4 Å². The number of methoxy groups -OCH3 is 1. The number of phenols is 1. The van der Waals surface area contributed by atoms with Crippen molar-refractivity contribution in [2.24, 2.45) is 5.92 Å². The number of ether oxygens (including phenoxy) is 1. The normalized spacial score (nSPS) is 24.4. The Bertz CT molecular complexity index is 425. The summed E-state index contributed by atoms with van der Waals surface area (Å²) in [5, 5.41) is 13.4. The molecule has 0 amide bonds. The van der Waals surface area contributed by atoms with Gasteiger partial charge in [-0.05, 0) is 56.2 Å². The summed E-state index contributed by atoms with van der Waals surface area (Å²) in [5.41, 5.74) is 1.16. The molecule has 1 fully saturated rings. The molecule has 1 unspecified atom stereocenters. The predicted molar refractivity (Wildman–Crippen MR) is 82.2 cm³/mol. The van der Waals surface area contributed by atoms with Gasteiger partial charge in [-0.3, -0.25) is 0 Å². The van der Waals surface area contributed by atoms with Crippen molar-refractivity contribution in [1.82, 2.24) is 5.32 Å². The van der Waals surface area contributed by atoms with E-state index in [0.29, 0.717) is 11.8 Å². The molecule has 1 aromatic rings. The first-order chi connectivity index (χ1) is 9.63. The number of nitrogens with one attached hydrogen (secondary N) is 1. The first-order valence-corrected chi connectivity index (χ1v) is 7.77. The van der Waals surface area contributed by atoms with Crippen molar-refractivity contribution in [2.75, 3.05) is 7.11 Å². The fourth-order valence-electron chi connectivity index (χ4n) is 3.15. The molecule has 0 radical (unpaired) electrons. The molecule has 1 atom stereocenters. The first kappa shape index (κ1) is 15.2. The zero-order valence-electron chi connectivity index (χ0n) is 12.9. The second-order valence-electron chi connectivity index (χ2n) is 5.95. The molecule has 1 aliphatic carbocycles. The van der Waals surface area contributed by atoms with Crippen molar-refractivity contribution in [3.05, 3.63) is 23.8 Å².